The fourth-order valence-corrected chi connectivity index (χ4v) is 1.17. The number of fused-ring (bicyclic) bond motifs is 3. The van der Waals surface area contributed by atoms with E-state index in [2.05, 4.69) is 0 Å². The molecule has 12 heavy (non-hydrogen) atoms. The van der Waals surface area contributed by atoms with Crippen molar-refractivity contribution in [1.29, 1.82) is 0 Å². The maximum atomic E-state index is 7.00. The van der Waals surface area contributed by atoms with Crippen LogP contribution in [0.2, 0.25) is 5.02 Å². The van der Waals surface area contributed by atoms with E-state index in [9.17, 15) is 0 Å². The Bertz CT molecular complexity index is 267. The standard InChI is InChI=1S/C7H5ClO.BH2O2/c8-6-3-5-1-2-7(6)9-4-5;2-1-3/h1-3H,4H2;2-3H. The first kappa shape index (κ1) is 9.38. The average Bonchev–Trinajstić information content (AvgIpc) is 2.07. The van der Waals surface area contributed by atoms with Crippen molar-refractivity contribution in [2.24, 2.45) is 0 Å². The second kappa shape index (κ2) is 4.35. The molecule has 2 N–H and O–H groups in total. The fourth-order valence-electron chi connectivity index (χ4n) is 0.912. The van der Waals surface area contributed by atoms with Crippen LogP contribution in [0.25, 0.3) is 0 Å². The summed E-state index contributed by atoms with van der Waals surface area (Å²) in [6, 6.07) is 5.84. The minimum Gasteiger partial charge on any atom is -0.487 e. The highest BCUT2D eigenvalue weighted by Crippen LogP contribution is 2.30. The van der Waals surface area contributed by atoms with Gasteiger partial charge in [-0.25, -0.2) is 0 Å². The smallest absolute Gasteiger partial charge is 0.482 e. The fraction of sp³-hybridized carbons (Fsp3) is 0.143. The summed E-state index contributed by atoms with van der Waals surface area (Å²) in [6.07, 6.45) is 0. The zero-order valence-electron chi connectivity index (χ0n) is 6.20. The van der Waals surface area contributed by atoms with Gasteiger partial charge >= 0.3 is 7.69 Å². The molecule has 2 bridgehead atoms. The van der Waals surface area contributed by atoms with E-state index >= 15 is 0 Å². The summed E-state index contributed by atoms with van der Waals surface area (Å²) in [5.41, 5.74) is 1.15. The van der Waals surface area contributed by atoms with E-state index in [0.717, 1.165) is 16.3 Å². The van der Waals surface area contributed by atoms with Crippen molar-refractivity contribution in [3.63, 3.8) is 0 Å². The van der Waals surface area contributed by atoms with Gasteiger partial charge in [0.1, 0.15) is 12.4 Å². The molecule has 2 heterocycles. The molecule has 0 spiro atoms. The molecule has 0 saturated heterocycles. The number of hydrogen-bond donors (Lipinski definition) is 2. The van der Waals surface area contributed by atoms with Gasteiger partial charge in [-0.05, 0) is 17.7 Å². The van der Waals surface area contributed by atoms with E-state index in [0.29, 0.717) is 6.61 Å². The van der Waals surface area contributed by atoms with Crippen LogP contribution in [0.5, 0.6) is 5.75 Å². The van der Waals surface area contributed by atoms with Gasteiger partial charge < -0.3 is 14.8 Å². The molecule has 2 aliphatic rings. The van der Waals surface area contributed by atoms with Crippen molar-refractivity contribution < 1.29 is 14.8 Å². The van der Waals surface area contributed by atoms with Crippen molar-refractivity contribution in [2.75, 3.05) is 0 Å². The van der Waals surface area contributed by atoms with Crippen LogP contribution in [0.1, 0.15) is 5.56 Å². The summed E-state index contributed by atoms with van der Waals surface area (Å²) in [6.45, 7) is 0.683. The lowest BCUT2D eigenvalue weighted by Crippen LogP contribution is -2.01. The molecule has 0 aliphatic carbocycles. The number of benzene rings is 1. The summed E-state index contributed by atoms with van der Waals surface area (Å²) >= 11 is 5.74. The summed E-state index contributed by atoms with van der Waals surface area (Å²) in [5.74, 6) is 0.798. The lowest BCUT2D eigenvalue weighted by Gasteiger charge is -2.14. The molecule has 1 aromatic carbocycles. The first-order chi connectivity index (χ1) is 5.77. The van der Waals surface area contributed by atoms with E-state index in [1.165, 1.54) is 0 Å². The molecule has 0 amide bonds. The predicted octanol–water partition coefficient (Wildman–Crippen LogP) is 0.738. The van der Waals surface area contributed by atoms with Gasteiger partial charge in [0.05, 0.1) is 5.02 Å². The Balaban J connectivity index is 0.000000213. The topological polar surface area (TPSA) is 49.7 Å². The van der Waals surface area contributed by atoms with Gasteiger partial charge in [0, 0.05) is 0 Å². The molecule has 0 saturated carbocycles. The quantitative estimate of drug-likeness (QED) is 0.586. The zero-order valence-corrected chi connectivity index (χ0v) is 6.95. The highest BCUT2D eigenvalue weighted by molar-refractivity contribution is 6.32. The first-order valence-corrected chi connectivity index (χ1v) is 3.67. The van der Waals surface area contributed by atoms with Crippen LogP contribution in [0.4, 0.5) is 0 Å². The highest BCUT2D eigenvalue weighted by atomic mass is 35.5. The van der Waals surface area contributed by atoms with Gasteiger partial charge in [0.15, 0.2) is 0 Å². The number of hydrogen-bond acceptors (Lipinski definition) is 3. The van der Waals surface area contributed by atoms with Crippen molar-refractivity contribution in [1.82, 2.24) is 0 Å². The summed E-state index contributed by atoms with van der Waals surface area (Å²) in [7, 11) is 0. The van der Waals surface area contributed by atoms with E-state index in [-0.39, 0.29) is 7.69 Å². The summed E-state index contributed by atoms with van der Waals surface area (Å²) in [4.78, 5) is 0. The van der Waals surface area contributed by atoms with E-state index < -0.39 is 0 Å². The Labute approximate surface area is 75.9 Å². The largest absolute Gasteiger partial charge is 0.487 e. The molecule has 0 aromatic heterocycles. The molecular weight excluding hydrogens is 178 g/mol. The van der Waals surface area contributed by atoms with Crippen molar-refractivity contribution in [2.45, 2.75) is 6.61 Å². The lowest BCUT2D eigenvalue weighted by molar-refractivity contribution is 0.295. The van der Waals surface area contributed by atoms with E-state index in [1.54, 1.807) is 0 Å². The average molecular weight is 185 g/mol. The second-order valence-electron chi connectivity index (χ2n) is 2.17. The van der Waals surface area contributed by atoms with Gasteiger partial charge in [-0.1, -0.05) is 17.7 Å². The Morgan fingerprint density at radius 3 is 2.25 bits per heavy atom. The van der Waals surface area contributed by atoms with E-state index in [1.807, 2.05) is 18.2 Å². The maximum Gasteiger partial charge on any atom is 0.482 e. The number of halogens is 1. The Kier molecular flexibility index (Phi) is 3.40. The maximum absolute atomic E-state index is 7.00. The molecule has 63 valence electrons. The van der Waals surface area contributed by atoms with Gasteiger partial charge in [0.25, 0.3) is 0 Å². The van der Waals surface area contributed by atoms with Crippen molar-refractivity contribution in [3.05, 3.63) is 28.8 Å². The monoisotopic (exact) mass is 185 g/mol. The van der Waals surface area contributed by atoms with Crippen LogP contribution in [-0.4, -0.2) is 17.7 Å². The SMILES string of the molecule is Clc1cc2ccc1OC2.O[B]O. The minimum absolute atomic E-state index is 0. The first-order valence-electron chi connectivity index (χ1n) is 3.29. The Hall–Kier alpha value is -0.705. The molecule has 5 heteroatoms. The molecule has 3 rings (SSSR count). The van der Waals surface area contributed by atoms with Gasteiger partial charge in [0.2, 0.25) is 0 Å². The second-order valence-corrected chi connectivity index (χ2v) is 2.58. The third-order valence-corrected chi connectivity index (χ3v) is 1.69. The van der Waals surface area contributed by atoms with Crippen LogP contribution in [0, 0.1) is 0 Å². The van der Waals surface area contributed by atoms with Crippen LogP contribution in [0.3, 0.4) is 0 Å². The molecule has 2 aliphatic heterocycles. The van der Waals surface area contributed by atoms with Crippen molar-refractivity contribution >= 4 is 19.3 Å². The molecule has 0 atom stereocenters. The minimum atomic E-state index is 0. The van der Waals surface area contributed by atoms with Gasteiger partial charge in [-0.2, -0.15) is 0 Å². The van der Waals surface area contributed by atoms with Crippen LogP contribution >= 0.6 is 11.6 Å². The zero-order chi connectivity index (χ0) is 8.97. The van der Waals surface area contributed by atoms with Crippen LogP contribution in [0.15, 0.2) is 18.2 Å². The molecular formula is C7H7BClO3. The van der Waals surface area contributed by atoms with Crippen molar-refractivity contribution in [3.8, 4) is 5.75 Å². The number of ether oxygens (including phenoxy) is 1. The van der Waals surface area contributed by atoms with Crippen LogP contribution < -0.4 is 4.74 Å². The normalized spacial score (nSPS) is 11.2. The number of rotatable bonds is 0. The van der Waals surface area contributed by atoms with Gasteiger partial charge in [-0.15, -0.1) is 0 Å². The molecule has 3 nitrogen and oxygen atoms in total. The van der Waals surface area contributed by atoms with Crippen LogP contribution in [-0.2, 0) is 6.61 Å². The molecule has 0 unspecified atom stereocenters. The Morgan fingerprint density at radius 2 is 2.08 bits per heavy atom. The molecule has 1 aromatic rings. The third kappa shape index (κ3) is 2.14. The van der Waals surface area contributed by atoms with Gasteiger partial charge in [-0.3, -0.25) is 0 Å². The predicted molar refractivity (Wildman–Crippen MR) is 46.0 cm³/mol. The molecule has 0 fully saturated rings. The lowest BCUT2D eigenvalue weighted by atomic mass is 10.2. The highest BCUT2D eigenvalue weighted by Gasteiger charge is 2.08. The third-order valence-electron chi connectivity index (χ3n) is 1.39. The summed E-state index contributed by atoms with van der Waals surface area (Å²) in [5, 5.41) is 14.7. The Morgan fingerprint density at radius 1 is 1.42 bits per heavy atom. The summed E-state index contributed by atoms with van der Waals surface area (Å²) < 4.78 is 5.18. The van der Waals surface area contributed by atoms with E-state index in [4.69, 9.17) is 26.4 Å². The molecule has 1 radical (unpaired) electrons.